The molecule has 1 aromatic carbocycles. The highest BCUT2D eigenvalue weighted by molar-refractivity contribution is 7.89. The number of non-ortho nitro benzene ring substituents is 1. The molecule has 1 aromatic heterocycles. The zero-order valence-corrected chi connectivity index (χ0v) is 20.9. The monoisotopic (exact) mass is 512 g/mol. The Labute approximate surface area is 199 Å². The van der Waals surface area contributed by atoms with Crippen molar-refractivity contribution in [3.63, 3.8) is 0 Å². The highest BCUT2D eigenvalue weighted by Crippen LogP contribution is 2.36. The minimum atomic E-state index is -4.13. The lowest BCUT2D eigenvalue weighted by Gasteiger charge is -2.32. The quantitative estimate of drug-likeness (QED) is 0.266. The summed E-state index contributed by atoms with van der Waals surface area (Å²) in [6, 6.07) is 4.26. The topological polar surface area (TPSA) is 140 Å². The maximum Gasteiger partial charge on any atom is 0.271 e. The normalized spacial score (nSPS) is 14.6. The number of hydrogen-bond donors (Lipinski definition) is 0. The molecule has 0 amide bonds. The van der Waals surface area contributed by atoms with Crippen LogP contribution in [0.25, 0.3) is 0 Å². The molecule has 0 saturated carbocycles. The SMILES string of the molecule is CCCN(CCOS(C)(=O)=O)c1c(C)cc([N+](=O)[O-])cc1S(=O)(=O)N1CCc2ccncc2C1. The van der Waals surface area contributed by atoms with Crippen molar-refractivity contribution in [2.24, 2.45) is 0 Å². The molecule has 2 aromatic rings. The van der Waals surface area contributed by atoms with Gasteiger partial charge in [-0.25, -0.2) is 8.42 Å². The van der Waals surface area contributed by atoms with E-state index in [1.165, 1.54) is 10.4 Å². The van der Waals surface area contributed by atoms with E-state index in [2.05, 4.69) is 4.98 Å². The predicted molar refractivity (Wildman–Crippen MR) is 127 cm³/mol. The lowest BCUT2D eigenvalue weighted by Crippen LogP contribution is -2.38. The van der Waals surface area contributed by atoms with Gasteiger partial charge in [0.25, 0.3) is 15.8 Å². The molecule has 1 aliphatic heterocycles. The number of aromatic nitrogens is 1. The van der Waals surface area contributed by atoms with Crippen molar-refractivity contribution in [3.8, 4) is 0 Å². The molecule has 11 nitrogen and oxygen atoms in total. The molecule has 0 spiro atoms. The van der Waals surface area contributed by atoms with Crippen LogP contribution in [-0.4, -0.2) is 63.5 Å². The molecule has 2 heterocycles. The van der Waals surface area contributed by atoms with E-state index in [0.717, 1.165) is 23.4 Å². The van der Waals surface area contributed by atoms with Crippen LogP contribution >= 0.6 is 0 Å². The summed E-state index contributed by atoms with van der Waals surface area (Å²) in [7, 11) is -7.81. The van der Waals surface area contributed by atoms with E-state index < -0.39 is 25.1 Å². The van der Waals surface area contributed by atoms with Gasteiger partial charge in [-0.05, 0) is 42.5 Å². The summed E-state index contributed by atoms with van der Waals surface area (Å²) in [5, 5.41) is 11.6. The number of nitro groups is 1. The third kappa shape index (κ3) is 5.90. The Morgan fingerprint density at radius 2 is 1.94 bits per heavy atom. The number of nitro benzene ring substituents is 1. The summed E-state index contributed by atoms with van der Waals surface area (Å²) < 4.78 is 56.6. The average molecular weight is 513 g/mol. The molecule has 0 saturated heterocycles. The van der Waals surface area contributed by atoms with Crippen molar-refractivity contribution >= 4 is 31.5 Å². The maximum absolute atomic E-state index is 13.8. The number of anilines is 1. The number of rotatable bonds is 10. The second-order valence-electron chi connectivity index (χ2n) is 8.11. The van der Waals surface area contributed by atoms with Crippen LogP contribution in [0.2, 0.25) is 0 Å². The third-order valence-electron chi connectivity index (χ3n) is 5.53. The van der Waals surface area contributed by atoms with Crippen LogP contribution in [-0.2, 0) is 37.3 Å². The number of sulfonamides is 1. The molecule has 186 valence electrons. The number of pyridine rings is 1. The van der Waals surface area contributed by atoms with E-state index >= 15 is 0 Å². The first kappa shape index (κ1) is 26.0. The van der Waals surface area contributed by atoms with Crippen LogP contribution in [0.1, 0.15) is 30.0 Å². The fourth-order valence-corrected chi connectivity index (χ4v) is 6.14. The van der Waals surface area contributed by atoms with Gasteiger partial charge in [-0.2, -0.15) is 12.7 Å². The van der Waals surface area contributed by atoms with Gasteiger partial charge in [0.2, 0.25) is 10.0 Å². The molecule has 13 heteroatoms. The van der Waals surface area contributed by atoms with Gasteiger partial charge < -0.3 is 4.90 Å². The Morgan fingerprint density at radius 3 is 2.59 bits per heavy atom. The Balaban J connectivity index is 2.08. The van der Waals surface area contributed by atoms with Crippen molar-refractivity contribution in [2.75, 3.05) is 37.4 Å². The molecule has 3 rings (SSSR count). The summed E-state index contributed by atoms with van der Waals surface area (Å²) in [6.45, 7) is 4.15. The van der Waals surface area contributed by atoms with Crippen LogP contribution in [0.4, 0.5) is 11.4 Å². The molecular formula is C21H28N4O7S2. The van der Waals surface area contributed by atoms with E-state index in [4.69, 9.17) is 4.18 Å². The largest absolute Gasteiger partial charge is 0.368 e. The van der Waals surface area contributed by atoms with E-state index in [1.807, 2.05) is 13.0 Å². The highest BCUT2D eigenvalue weighted by atomic mass is 32.2. The highest BCUT2D eigenvalue weighted by Gasteiger charge is 2.34. The lowest BCUT2D eigenvalue weighted by molar-refractivity contribution is -0.385. The van der Waals surface area contributed by atoms with Crippen molar-refractivity contribution in [2.45, 2.75) is 38.1 Å². The first-order valence-electron chi connectivity index (χ1n) is 10.7. The van der Waals surface area contributed by atoms with Crippen LogP contribution in [0, 0.1) is 17.0 Å². The van der Waals surface area contributed by atoms with Gasteiger partial charge >= 0.3 is 0 Å². The summed E-state index contributed by atoms with van der Waals surface area (Å²) in [5.41, 5.74) is 2.18. The van der Waals surface area contributed by atoms with Crippen molar-refractivity contribution in [3.05, 3.63) is 57.4 Å². The third-order valence-corrected chi connectivity index (χ3v) is 7.98. The summed E-state index contributed by atoms with van der Waals surface area (Å²) in [6.07, 6.45) is 5.36. The van der Waals surface area contributed by atoms with Crippen LogP contribution in [0.5, 0.6) is 0 Å². The van der Waals surface area contributed by atoms with Crippen molar-refractivity contribution in [1.82, 2.24) is 9.29 Å². The Kier molecular flexibility index (Phi) is 7.91. The van der Waals surface area contributed by atoms with E-state index in [0.29, 0.717) is 30.6 Å². The van der Waals surface area contributed by atoms with Crippen LogP contribution in [0.15, 0.2) is 35.5 Å². The maximum atomic E-state index is 13.8. The molecule has 0 atom stereocenters. The first-order chi connectivity index (χ1) is 15.9. The molecule has 0 N–H and O–H groups in total. The lowest BCUT2D eigenvalue weighted by atomic mass is 10.0. The fourth-order valence-electron chi connectivity index (χ4n) is 4.04. The summed E-state index contributed by atoms with van der Waals surface area (Å²) >= 11 is 0. The molecule has 0 bridgehead atoms. The van der Waals surface area contributed by atoms with E-state index in [9.17, 15) is 26.9 Å². The van der Waals surface area contributed by atoms with Crippen LogP contribution < -0.4 is 4.90 Å². The standard InChI is InChI=1S/C21H28N4O7S2/c1-4-8-23(10-11-32-33(3,28)29)21-16(2)12-19(25(26)27)13-20(21)34(30,31)24-9-6-17-5-7-22-14-18(17)15-24/h5,7,12-14H,4,6,8-11,15H2,1-3H3. The molecule has 0 unspecified atom stereocenters. The molecule has 0 radical (unpaired) electrons. The van der Waals surface area contributed by atoms with Gasteiger partial charge in [-0.3, -0.25) is 19.3 Å². The number of benzene rings is 1. The minimum Gasteiger partial charge on any atom is -0.368 e. The Hall–Kier alpha value is -2.61. The first-order valence-corrected chi connectivity index (χ1v) is 14.0. The molecule has 0 aliphatic carbocycles. The summed E-state index contributed by atoms with van der Waals surface area (Å²) in [5.74, 6) is 0. The zero-order chi connectivity index (χ0) is 25.1. The van der Waals surface area contributed by atoms with Gasteiger partial charge in [-0.1, -0.05) is 6.92 Å². The number of nitrogens with zero attached hydrogens (tertiary/aromatic N) is 4. The second-order valence-corrected chi connectivity index (χ2v) is 11.7. The molecule has 34 heavy (non-hydrogen) atoms. The minimum absolute atomic E-state index is 0.0921. The Morgan fingerprint density at radius 1 is 1.21 bits per heavy atom. The van der Waals surface area contributed by atoms with E-state index in [-0.39, 0.29) is 36.8 Å². The Bertz CT molecular complexity index is 1280. The van der Waals surface area contributed by atoms with Gasteiger partial charge in [0, 0.05) is 50.7 Å². The molecule has 1 aliphatic rings. The fraction of sp³-hybridized carbons (Fsp3) is 0.476. The number of fused-ring (bicyclic) bond motifs is 1. The zero-order valence-electron chi connectivity index (χ0n) is 19.3. The van der Waals surface area contributed by atoms with Gasteiger partial charge in [-0.15, -0.1) is 0 Å². The summed E-state index contributed by atoms with van der Waals surface area (Å²) in [4.78, 5) is 16.5. The van der Waals surface area contributed by atoms with Gasteiger partial charge in [0.1, 0.15) is 4.90 Å². The van der Waals surface area contributed by atoms with Gasteiger partial charge in [0.15, 0.2) is 0 Å². The second kappa shape index (κ2) is 10.3. The van der Waals surface area contributed by atoms with Crippen molar-refractivity contribution < 1.29 is 25.9 Å². The predicted octanol–water partition coefficient (Wildman–Crippen LogP) is 2.24. The molecule has 0 fully saturated rings. The van der Waals surface area contributed by atoms with Crippen molar-refractivity contribution in [1.29, 1.82) is 0 Å². The van der Waals surface area contributed by atoms with Crippen LogP contribution in [0.3, 0.4) is 0 Å². The molecular weight excluding hydrogens is 484 g/mol. The smallest absolute Gasteiger partial charge is 0.271 e. The van der Waals surface area contributed by atoms with E-state index in [1.54, 1.807) is 24.2 Å². The van der Waals surface area contributed by atoms with Gasteiger partial charge in [0.05, 0.1) is 23.5 Å². The number of hydrogen-bond acceptors (Lipinski definition) is 9. The number of aryl methyl sites for hydroxylation is 1. The average Bonchev–Trinajstić information content (AvgIpc) is 2.76.